The molecule has 1 aliphatic rings. The lowest BCUT2D eigenvalue weighted by molar-refractivity contribution is 0.0526. The van der Waals surface area contributed by atoms with E-state index in [1.807, 2.05) is 30.3 Å². The third-order valence-electron chi connectivity index (χ3n) is 5.99. The third kappa shape index (κ3) is 3.78. The molecule has 0 radical (unpaired) electrons. The van der Waals surface area contributed by atoms with E-state index in [9.17, 15) is 14.7 Å². The van der Waals surface area contributed by atoms with Crippen molar-refractivity contribution in [3.8, 4) is 22.8 Å². The molecule has 0 saturated heterocycles. The van der Waals surface area contributed by atoms with Gasteiger partial charge in [0, 0.05) is 16.8 Å². The van der Waals surface area contributed by atoms with E-state index in [0.29, 0.717) is 28.4 Å². The summed E-state index contributed by atoms with van der Waals surface area (Å²) in [5.41, 5.74) is 4.38. The number of ether oxygens (including phenoxy) is 2. The van der Waals surface area contributed by atoms with Crippen LogP contribution in [0, 0.1) is 0 Å². The molecule has 5 rings (SSSR count). The van der Waals surface area contributed by atoms with Crippen LogP contribution >= 0.6 is 0 Å². The fraction of sp³-hybridized carbons (Fsp3) is 0.148. The SMILES string of the molecule is CCOC(=O)c1ccc(N2C(=O)c3[nH]nc(-c4ccccc4)c3[C@H]2c2ccc(O)c(OC)c2)cc1. The number of phenols is 1. The number of aromatic nitrogens is 2. The van der Waals surface area contributed by atoms with Gasteiger partial charge in [0.1, 0.15) is 5.69 Å². The van der Waals surface area contributed by atoms with E-state index in [-0.39, 0.29) is 18.3 Å². The number of fused-ring (bicyclic) bond motifs is 1. The Morgan fingerprint density at radius 3 is 2.51 bits per heavy atom. The first-order chi connectivity index (χ1) is 17.0. The second kappa shape index (κ2) is 8.98. The summed E-state index contributed by atoms with van der Waals surface area (Å²) in [4.78, 5) is 27.4. The van der Waals surface area contributed by atoms with Crippen molar-refractivity contribution in [2.24, 2.45) is 0 Å². The van der Waals surface area contributed by atoms with Crippen LogP contribution in [0.25, 0.3) is 11.3 Å². The molecule has 0 saturated carbocycles. The Bertz CT molecular complexity index is 1400. The van der Waals surface area contributed by atoms with Crippen molar-refractivity contribution in [3.63, 3.8) is 0 Å². The number of hydrogen-bond donors (Lipinski definition) is 2. The summed E-state index contributed by atoms with van der Waals surface area (Å²) >= 11 is 0. The average molecular weight is 469 g/mol. The number of anilines is 1. The van der Waals surface area contributed by atoms with Crippen molar-refractivity contribution in [2.75, 3.05) is 18.6 Å². The summed E-state index contributed by atoms with van der Waals surface area (Å²) in [7, 11) is 1.48. The highest BCUT2D eigenvalue weighted by Gasteiger charge is 2.43. The second-order valence-corrected chi connectivity index (χ2v) is 8.00. The van der Waals surface area contributed by atoms with Gasteiger partial charge in [-0.1, -0.05) is 36.4 Å². The van der Waals surface area contributed by atoms with Crippen LogP contribution in [0.1, 0.15) is 44.9 Å². The lowest BCUT2D eigenvalue weighted by Gasteiger charge is -2.27. The smallest absolute Gasteiger partial charge is 0.338 e. The van der Waals surface area contributed by atoms with Crippen LogP contribution in [0.4, 0.5) is 5.69 Å². The monoisotopic (exact) mass is 469 g/mol. The van der Waals surface area contributed by atoms with E-state index in [4.69, 9.17) is 9.47 Å². The van der Waals surface area contributed by atoms with E-state index >= 15 is 0 Å². The molecule has 0 spiro atoms. The van der Waals surface area contributed by atoms with E-state index in [2.05, 4.69) is 10.2 Å². The van der Waals surface area contributed by atoms with Gasteiger partial charge >= 0.3 is 5.97 Å². The minimum atomic E-state index is -0.547. The molecular formula is C27H23N3O5. The molecule has 1 aliphatic heterocycles. The van der Waals surface area contributed by atoms with Gasteiger partial charge in [0.2, 0.25) is 0 Å². The zero-order chi connectivity index (χ0) is 24.5. The van der Waals surface area contributed by atoms with Crippen molar-refractivity contribution in [1.82, 2.24) is 10.2 Å². The van der Waals surface area contributed by atoms with Crippen LogP contribution in [-0.4, -0.2) is 40.9 Å². The van der Waals surface area contributed by atoms with Crippen molar-refractivity contribution in [3.05, 3.63) is 95.2 Å². The first-order valence-corrected chi connectivity index (χ1v) is 11.1. The van der Waals surface area contributed by atoms with Crippen molar-refractivity contribution in [1.29, 1.82) is 0 Å². The fourth-order valence-corrected chi connectivity index (χ4v) is 4.38. The molecule has 0 fully saturated rings. The summed E-state index contributed by atoms with van der Waals surface area (Å²) in [6.07, 6.45) is 0. The zero-order valence-corrected chi connectivity index (χ0v) is 19.2. The maximum Gasteiger partial charge on any atom is 0.338 e. The van der Waals surface area contributed by atoms with Crippen molar-refractivity contribution >= 4 is 17.6 Å². The van der Waals surface area contributed by atoms with E-state index in [1.165, 1.54) is 7.11 Å². The number of hydrogen-bond acceptors (Lipinski definition) is 6. The van der Waals surface area contributed by atoms with Gasteiger partial charge in [-0.3, -0.25) is 14.8 Å². The highest BCUT2D eigenvalue weighted by atomic mass is 16.5. The number of carbonyl (C=O) groups is 2. The Morgan fingerprint density at radius 1 is 1.09 bits per heavy atom. The number of methoxy groups -OCH3 is 1. The van der Waals surface area contributed by atoms with Gasteiger partial charge in [-0.25, -0.2) is 4.79 Å². The quantitative estimate of drug-likeness (QED) is 0.396. The van der Waals surface area contributed by atoms with Gasteiger partial charge in [0.15, 0.2) is 11.5 Å². The minimum absolute atomic E-state index is 0.00149. The van der Waals surface area contributed by atoms with E-state index in [1.54, 1.807) is 54.3 Å². The Balaban J connectivity index is 1.66. The number of rotatable bonds is 6. The van der Waals surface area contributed by atoms with Crippen LogP contribution in [0.2, 0.25) is 0 Å². The molecule has 176 valence electrons. The molecule has 1 aromatic heterocycles. The van der Waals surface area contributed by atoms with Gasteiger partial charge in [-0.05, 0) is 48.9 Å². The molecule has 0 unspecified atom stereocenters. The molecular weight excluding hydrogens is 446 g/mol. The van der Waals surface area contributed by atoms with Gasteiger partial charge in [0.25, 0.3) is 5.91 Å². The number of phenolic OH excluding ortho intramolecular Hbond substituents is 1. The number of esters is 1. The Kier molecular flexibility index (Phi) is 5.70. The number of aromatic amines is 1. The lowest BCUT2D eigenvalue weighted by atomic mass is 9.95. The minimum Gasteiger partial charge on any atom is -0.504 e. The molecule has 1 amide bonds. The molecule has 2 heterocycles. The molecule has 3 aromatic carbocycles. The number of amides is 1. The summed E-state index contributed by atoms with van der Waals surface area (Å²) in [6, 6.07) is 20.8. The predicted molar refractivity (Wildman–Crippen MR) is 130 cm³/mol. The highest BCUT2D eigenvalue weighted by molar-refractivity contribution is 6.12. The zero-order valence-electron chi connectivity index (χ0n) is 19.2. The van der Waals surface area contributed by atoms with Gasteiger partial charge < -0.3 is 14.6 Å². The first-order valence-electron chi connectivity index (χ1n) is 11.1. The van der Waals surface area contributed by atoms with Gasteiger partial charge in [0.05, 0.1) is 31.0 Å². The van der Waals surface area contributed by atoms with Crippen molar-refractivity contribution < 1.29 is 24.2 Å². The standard InChI is InChI=1S/C27H23N3O5/c1-3-35-27(33)17-9-12-19(13-10-17)30-25(18-11-14-20(31)21(15-18)34-2)22-23(16-7-5-4-6-8-16)28-29-24(22)26(30)32/h4-15,25,31H,3H2,1-2H3,(H,28,29)/t25-/m1/s1. The van der Waals surface area contributed by atoms with Crippen LogP contribution in [0.5, 0.6) is 11.5 Å². The summed E-state index contributed by atoms with van der Waals surface area (Å²) in [6.45, 7) is 2.03. The van der Waals surface area contributed by atoms with Crippen LogP contribution in [0.3, 0.4) is 0 Å². The predicted octanol–water partition coefficient (Wildman–Crippen LogP) is 4.72. The molecule has 0 aliphatic carbocycles. The molecule has 8 heteroatoms. The molecule has 1 atom stereocenters. The number of H-pyrrole nitrogens is 1. The summed E-state index contributed by atoms with van der Waals surface area (Å²) in [5, 5.41) is 17.5. The van der Waals surface area contributed by atoms with Crippen LogP contribution < -0.4 is 9.64 Å². The molecule has 2 N–H and O–H groups in total. The third-order valence-corrected chi connectivity index (χ3v) is 5.99. The van der Waals surface area contributed by atoms with E-state index in [0.717, 1.165) is 16.7 Å². The second-order valence-electron chi connectivity index (χ2n) is 8.00. The average Bonchev–Trinajstić information content (AvgIpc) is 3.44. The Hall–Kier alpha value is -4.59. The van der Waals surface area contributed by atoms with Gasteiger partial charge in [-0.2, -0.15) is 5.10 Å². The molecule has 4 aromatic rings. The Labute approximate surface area is 201 Å². The van der Waals surface area contributed by atoms with E-state index < -0.39 is 12.0 Å². The highest BCUT2D eigenvalue weighted by Crippen LogP contribution is 2.46. The number of benzene rings is 3. The number of aromatic hydroxyl groups is 1. The number of nitrogens with one attached hydrogen (secondary N) is 1. The molecule has 8 nitrogen and oxygen atoms in total. The van der Waals surface area contributed by atoms with Crippen LogP contribution in [0.15, 0.2) is 72.8 Å². The van der Waals surface area contributed by atoms with Crippen molar-refractivity contribution in [2.45, 2.75) is 13.0 Å². The van der Waals surface area contributed by atoms with Crippen LogP contribution in [-0.2, 0) is 4.74 Å². The molecule has 0 bridgehead atoms. The fourth-order valence-electron chi connectivity index (χ4n) is 4.38. The largest absolute Gasteiger partial charge is 0.504 e. The maximum absolute atomic E-state index is 13.7. The lowest BCUT2D eigenvalue weighted by Crippen LogP contribution is -2.29. The molecule has 35 heavy (non-hydrogen) atoms. The summed E-state index contributed by atoms with van der Waals surface area (Å²) < 4.78 is 10.4. The first kappa shape index (κ1) is 22.2. The number of carbonyl (C=O) groups excluding carboxylic acids is 2. The Morgan fingerprint density at radius 2 is 1.83 bits per heavy atom. The number of nitrogens with zero attached hydrogens (tertiary/aromatic N) is 2. The normalized spacial score (nSPS) is 14.6. The van der Waals surface area contributed by atoms with Gasteiger partial charge in [-0.15, -0.1) is 0 Å². The summed E-state index contributed by atoms with van der Waals surface area (Å²) in [5.74, 6) is -0.379. The topological polar surface area (TPSA) is 105 Å². The maximum atomic E-state index is 13.7.